The summed E-state index contributed by atoms with van der Waals surface area (Å²) in [6, 6.07) is 22.8. The van der Waals surface area contributed by atoms with Gasteiger partial charge in [-0.3, -0.25) is 9.69 Å². The first kappa shape index (κ1) is 23.1. The van der Waals surface area contributed by atoms with Crippen LogP contribution in [0.3, 0.4) is 0 Å². The maximum absolute atomic E-state index is 13.3. The van der Waals surface area contributed by atoms with E-state index < -0.39 is 9.84 Å². The Bertz CT molecular complexity index is 1330. The molecule has 0 saturated carbocycles. The standard InChI is InChI=1S/C26H26N2O3S2/c1-19-15-23-24(16-20(19)2)32-26(27-23)28(17-21-9-5-3-6-10-21)25(29)13-14-33(30,31)18-22-11-7-4-8-12-22/h3-12,15-16H,13-14,17-18H2,1-2H3. The molecule has 170 valence electrons. The van der Waals surface area contributed by atoms with E-state index in [4.69, 9.17) is 4.98 Å². The van der Waals surface area contributed by atoms with Gasteiger partial charge in [-0.25, -0.2) is 13.4 Å². The number of aryl methyl sites for hydroxylation is 2. The number of carbonyl (C=O) groups excluding carboxylic acids is 1. The number of anilines is 1. The van der Waals surface area contributed by atoms with Crippen LogP contribution >= 0.6 is 11.3 Å². The first-order chi connectivity index (χ1) is 15.8. The predicted molar refractivity (Wildman–Crippen MR) is 135 cm³/mol. The summed E-state index contributed by atoms with van der Waals surface area (Å²) in [5, 5.41) is 0.587. The Balaban J connectivity index is 1.57. The molecule has 0 aliphatic rings. The lowest BCUT2D eigenvalue weighted by atomic mass is 10.1. The van der Waals surface area contributed by atoms with Gasteiger partial charge >= 0.3 is 0 Å². The van der Waals surface area contributed by atoms with E-state index in [1.165, 1.54) is 16.9 Å². The number of amides is 1. The number of thiazole rings is 1. The fraction of sp³-hybridized carbons (Fsp3) is 0.231. The minimum Gasteiger partial charge on any atom is -0.284 e. The maximum atomic E-state index is 13.3. The number of benzene rings is 3. The van der Waals surface area contributed by atoms with Gasteiger partial charge in [0.2, 0.25) is 5.91 Å². The van der Waals surface area contributed by atoms with Crippen molar-refractivity contribution in [2.75, 3.05) is 10.7 Å². The summed E-state index contributed by atoms with van der Waals surface area (Å²) in [6.45, 7) is 4.44. The second-order valence-electron chi connectivity index (χ2n) is 8.19. The first-order valence-corrected chi connectivity index (χ1v) is 13.4. The summed E-state index contributed by atoms with van der Waals surface area (Å²) in [5.41, 5.74) is 4.85. The molecular weight excluding hydrogens is 452 g/mol. The summed E-state index contributed by atoms with van der Waals surface area (Å²) in [6.07, 6.45) is -0.0873. The SMILES string of the molecule is Cc1cc2nc(N(Cc3ccccc3)C(=O)CCS(=O)(=O)Cc3ccccc3)sc2cc1C. The third kappa shape index (κ3) is 5.86. The number of sulfone groups is 1. The van der Waals surface area contributed by atoms with Crippen LogP contribution in [0.2, 0.25) is 0 Å². The molecule has 7 heteroatoms. The van der Waals surface area contributed by atoms with E-state index in [9.17, 15) is 13.2 Å². The second kappa shape index (κ2) is 9.85. The average Bonchev–Trinajstić information content (AvgIpc) is 3.19. The molecule has 0 radical (unpaired) electrons. The van der Waals surface area contributed by atoms with Crippen LogP contribution in [0.15, 0.2) is 72.8 Å². The van der Waals surface area contributed by atoms with E-state index in [-0.39, 0.29) is 23.8 Å². The van der Waals surface area contributed by atoms with Crippen LogP contribution in [0.1, 0.15) is 28.7 Å². The number of rotatable bonds is 8. The van der Waals surface area contributed by atoms with Crippen molar-refractivity contribution < 1.29 is 13.2 Å². The molecule has 0 unspecified atom stereocenters. The van der Waals surface area contributed by atoms with Crippen molar-refractivity contribution in [1.29, 1.82) is 0 Å². The lowest BCUT2D eigenvalue weighted by molar-refractivity contribution is -0.118. The summed E-state index contributed by atoms with van der Waals surface area (Å²) in [4.78, 5) is 19.6. The van der Waals surface area contributed by atoms with E-state index in [1.807, 2.05) is 61.5 Å². The Morgan fingerprint density at radius 2 is 1.52 bits per heavy atom. The Labute approximate surface area is 198 Å². The van der Waals surface area contributed by atoms with Crippen LogP contribution < -0.4 is 4.90 Å². The number of hydrogen-bond donors (Lipinski definition) is 0. The third-order valence-electron chi connectivity index (χ3n) is 5.56. The largest absolute Gasteiger partial charge is 0.284 e. The van der Waals surface area contributed by atoms with Gasteiger partial charge in [0.25, 0.3) is 0 Å². The van der Waals surface area contributed by atoms with Crippen LogP contribution in [0.5, 0.6) is 0 Å². The molecule has 1 amide bonds. The van der Waals surface area contributed by atoms with Gasteiger partial charge in [0, 0.05) is 6.42 Å². The highest BCUT2D eigenvalue weighted by molar-refractivity contribution is 7.90. The predicted octanol–water partition coefficient (Wildman–Crippen LogP) is 5.45. The Hall–Kier alpha value is -3.03. The monoisotopic (exact) mass is 478 g/mol. The molecule has 0 atom stereocenters. The van der Waals surface area contributed by atoms with Crippen LogP contribution in [0, 0.1) is 13.8 Å². The number of aromatic nitrogens is 1. The van der Waals surface area contributed by atoms with Gasteiger partial charge in [-0.05, 0) is 48.2 Å². The highest BCUT2D eigenvalue weighted by Gasteiger charge is 2.23. The molecule has 3 aromatic carbocycles. The molecule has 4 aromatic rings. The molecule has 1 heterocycles. The summed E-state index contributed by atoms with van der Waals surface area (Å²) >= 11 is 1.46. The molecule has 4 rings (SSSR count). The summed E-state index contributed by atoms with van der Waals surface area (Å²) in [7, 11) is -3.42. The van der Waals surface area contributed by atoms with Crippen LogP contribution in [0.25, 0.3) is 10.2 Å². The van der Waals surface area contributed by atoms with Crippen molar-refractivity contribution in [3.05, 3.63) is 95.1 Å². The van der Waals surface area contributed by atoms with Gasteiger partial charge in [0.05, 0.1) is 28.3 Å². The van der Waals surface area contributed by atoms with Crippen molar-refractivity contribution in [3.63, 3.8) is 0 Å². The smallest absolute Gasteiger partial charge is 0.230 e. The van der Waals surface area contributed by atoms with E-state index in [1.54, 1.807) is 17.0 Å². The quantitative estimate of drug-likeness (QED) is 0.338. The van der Waals surface area contributed by atoms with Crippen molar-refractivity contribution in [2.45, 2.75) is 32.6 Å². The van der Waals surface area contributed by atoms with Gasteiger partial charge in [-0.15, -0.1) is 0 Å². The summed E-state index contributed by atoms with van der Waals surface area (Å²) < 4.78 is 26.3. The lowest BCUT2D eigenvalue weighted by Crippen LogP contribution is -2.31. The number of hydrogen-bond acceptors (Lipinski definition) is 5. The molecule has 5 nitrogen and oxygen atoms in total. The summed E-state index contributed by atoms with van der Waals surface area (Å²) in [5.74, 6) is -0.516. The fourth-order valence-electron chi connectivity index (χ4n) is 3.59. The van der Waals surface area contributed by atoms with Crippen molar-refractivity contribution >= 4 is 42.4 Å². The second-order valence-corrected chi connectivity index (χ2v) is 11.4. The Kier molecular flexibility index (Phi) is 6.91. The van der Waals surface area contributed by atoms with Crippen LogP contribution in [-0.4, -0.2) is 25.1 Å². The highest BCUT2D eigenvalue weighted by Crippen LogP contribution is 2.32. The third-order valence-corrected chi connectivity index (χ3v) is 8.20. The average molecular weight is 479 g/mol. The van der Waals surface area contributed by atoms with Crippen LogP contribution in [-0.2, 0) is 26.9 Å². The minimum absolute atomic E-state index is 0.0699. The Morgan fingerprint density at radius 3 is 2.18 bits per heavy atom. The van der Waals surface area contributed by atoms with Gasteiger partial charge < -0.3 is 0 Å². The molecule has 0 spiro atoms. The zero-order chi connectivity index (χ0) is 23.4. The molecule has 0 bridgehead atoms. The molecular formula is C26H26N2O3S2. The normalized spacial score (nSPS) is 11.6. The van der Waals surface area contributed by atoms with Crippen LogP contribution in [0.4, 0.5) is 5.13 Å². The van der Waals surface area contributed by atoms with E-state index >= 15 is 0 Å². The number of fused-ring (bicyclic) bond motifs is 1. The van der Waals surface area contributed by atoms with Gasteiger partial charge in [-0.2, -0.15) is 0 Å². The zero-order valence-electron chi connectivity index (χ0n) is 18.7. The Morgan fingerprint density at radius 1 is 0.909 bits per heavy atom. The zero-order valence-corrected chi connectivity index (χ0v) is 20.3. The van der Waals surface area contributed by atoms with E-state index in [2.05, 4.69) is 13.0 Å². The van der Waals surface area contributed by atoms with E-state index in [0.717, 1.165) is 26.9 Å². The lowest BCUT2D eigenvalue weighted by Gasteiger charge is -2.20. The van der Waals surface area contributed by atoms with Gasteiger partial charge in [0.1, 0.15) is 0 Å². The minimum atomic E-state index is -3.42. The van der Waals surface area contributed by atoms with Crippen molar-refractivity contribution in [1.82, 2.24) is 4.98 Å². The molecule has 0 fully saturated rings. The number of nitrogens with zero attached hydrogens (tertiary/aromatic N) is 2. The first-order valence-electron chi connectivity index (χ1n) is 10.8. The number of carbonyl (C=O) groups is 1. The molecule has 0 aliphatic heterocycles. The molecule has 0 saturated heterocycles. The van der Waals surface area contributed by atoms with Gasteiger partial charge in [0.15, 0.2) is 15.0 Å². The highest BCUT2D eigenvalue weighted by atomic mass is 32.2. The fourth-order valence-corrected chi connectivity index (χ4v) is 5.98. The molecule has 0 aliphatic carbocycles. The molecule has 1 aromatic heterocycles. The molecule has 33 heavy (non-hydrogen) atoms. The van der Waals surface area contributed by atoms with Crippen molar-refractivity contribution in [3.8, 4) is 0 Å². The van der Waals surface area contributed by atoms with Crippen molar-refractivity contribution in [2.24, 2.45) is 0 Å². The van der Waals surface area contributed by atoms with Gasteiger partial charge in [-0.1, -0.05) is 72.0 Å². The maximum Gasteiger partial charge on any atom is 0.230 e. The van der Waals surface area contributed by atoms with E-state index in [0.29, 0.717) is 11.7 Å². The molecule has 0 N–H and O–H groups in total. The topological polar surface area (TPSA) is 67.3 Å².